The molecule has 0 aliphatic carbocycles. The number of halogens is 1. The van der Waals surface area contributed by atoms with Crippen LogP contribution in [0.15, 0.2) is 71.2 Å². The second-order valence-electron chi connectivity index (χ2n) is 8.51. The summed E-state index contributed by atoms with van der Waals surface area (Å²) in [7, 11) is 1.52. The maximum absolute atomic E-state index is 13.5. The molecule has 1 heterocycles. The number of benzene rings is 3. The molecule has 0 saturated carbocycles. The van der Waals surface area contributed by atoms with E-state index in [4.69, 9.17) is 9.47 Å². The zero-order valence-corrected chi connectivity index (χ0v) is 20.2. The maximum atomic E-state index is 13.5. The third-order valence-electron chi connectivity index (χ3n) is 5.84. The standard InChI is InChI=1S/C26H26BrNO5/c1-26(2)24(30)21(29)20-13-12-17(22(32-3)23(20)33-26)15-28(19-11-7-10-18(27)14-19)25(31)16-8-5-4-6-9-16/h4-14,21,24,29-30H,15H2,1-3H3/t21-,24-/m0/s1. The Kier molecular flexibility index (Phi) is 6.47. The van der Waals surface area contributed by atoms with Gasteiger partial charge in [-0.05, 0) is 44.2 Å². The molecule has 3 aromatic carbocycles. The van der Waals surface area contributed by atoms with E-state index in [0.29, 0.717) is 28.2 Å². The zero-order valence-electron chi connectivity index (χ0n) is 18.7. The number of carbonyl (C=O) groups excluding carboxylic acids is 1. The normalized spacial score (nSPS) is 18.7. The smallest absolute Gasteiger partial charge is 0.258 e. The first-order valence-corrected chi connectivity index (χ1v) is 11.4. The van der Waals surface area contributed by atoms with E-state index in [1.54, 1.807) is 43.0 Å². The van der Waals surface area contributed by atoms with Crippen LogP contribution in [0.4, 0.5) is 5.69 Å². The first-order chi connectivity index (χ1) is 15.7. The van der Waals surface area contributed by atoms with E-state index in [1.165, 1.54) is 7.11 Å². The molecule has 0 fully saturated rings. The van der Waals surface area contributed by atoms with Gasteiger partial charge in [0.25, 0.3) is 5.91 Å². The number of hydrogen-bond donors (Lipinski definition) is 2. The fourth-order valence-corrected chi connectivity index (χ4v) is 4.40. The second kappa shape index (κ2) is 9.17. The molecule has 7 heteroatoms. The van der Waals surface area contributed by atoms with Crippen molar-refractivity contribution in [2.45, 2.75) is 38.2 Å². The number of methoxy groups -OCH3 is 1. The average Bonchev–Trinajstić information content (AvgIpc) is 2.81. The van der Waals surface area contributed by atoms with Crippen LogP contribution >= 0.6 is 15.9 Å². The fourth-order valence-electron chi connectivity index (χ4n) is 4.01. The molecule has 1 aliphatic rings. The molecule has 172 valence electrons. The predicted octanol–water partition coefficient (Wildman–Crippen LogP) is 4.87. The highest BCUT2D eigenvalue weighted by atomic mass is 79.9. The number of aliphatic hydroxyl groups is 2. The van der Waals surface area contributed by atoms with E-state index >= 15 is 0 Å². The summed E-state index contributed by atoms with van der Waals surface area (Å²) < 4.78 is 12.6. The number of fused-ring (bicyclic) bond motifs is 1. The van der Waals surface area contributed by atoms with Gasteiger partial charge in [-0.1, -0.05) is 52.3 Å². The van der Waals surface area contributed by atoms with Crippen molar-refractivity contribution in [2.24, 2.45) is 0 Å². The Morgan fingerprint density at radius 2 is 1.82 bits per heavy atom. The van der Waals surface area contributed by atoms with Gasteiger partial charge in [-0.25, -0.2) is 0 Å². The van der Waals surface area contributed by atoms with Crippen LogP contribution in [0, 0.1) is 0 Å². The topological polar surface area (TPSA) is 79.2 Å². The van der Waals surface area contributed by atoms with Crippen LogP contribution < -0.4 is 14.4 Å². The van der Waals surface area contributed by atoms with Gasteiger partial charge in [0, 0.05) is 26.9 Å². The molecule has 6 nitrogen and oxygen atoms in total. The van der Waals surface area contributed by atoms with E-state index in [0.717, 1.165) is 10.2 Å². The lowest BCUT2D eigenvalue weighted by molar-refractivity contribution is -0.112. The van der Waals surface area contributed by atoms with Gasteiger partial charge in [-0.3, -0.25) is 4.79 Å². The first-order valence-electron chi connectivity index (χ1n) is 10.6. The molecule has 0 saturated heterocycles. The van der Waals surface area contributed by atoms with Gasteiger partial charge in [0.15, 0.2) is 11.5 Å². The molecule has 33 heavy (non-hydrogen) atoms. The van der Waals surface area contributed by atoms with Gasteiger partial charge in [-0.15, -0.1) is 0 Å². The third-order valence-corrected chi connectivity index (χ3v) is 6.33. The molecular formula is C26H26BrNO5. The number of anilines is 1. The Hall–Kier alpha value is -2.87. The SMILES string of the molecule is COc1c(CN(C(=O)c2ccccc2)c2cccc(Br)c2)ccc2c1OC(C)(C)[C@@H](O)[C@H]2O. The number of ether oxygens (including phenoxy) is 2. The van der Waals surface area contributed by atoms with Crippen molar-refractivity contribution >= 4 is 27.5 Å². The van der Waals surface area contributed by atoms with Gasteiger partial charge in [0.1, 0.15) is 17.8 Å². The lowest BCUT2D eigenvalue weighted by atomic mass is 9.87. The summed E-state index contributed by atoms with van der Waals surface area (Å²) >= 11 is 3.49. The van der Waals surface area contributed by atoms with Crippen molar-refractivity contribution in [3.05, 3.63) is 87.9 Å². The summed E-state index contributed by atoms with van der Waals surface area (Å²) in [5, 5.41) is 21.1. The van der Waals surface area contributed by atoms with Gasteiger partial charge in [0.05, 0.1) is 13.7 Å². The van der Waals surface area contributed by atoms with Crippen molar-refractivity contribution in [1.82, 2.24) is 0 Å². The van der Waals surface area contributed by atoms with Crippen LogP contribution in [0.3, 0.4) is 0 Å². The Labute approximate surface area is 201 Å². The largest absolute Gasteiger partial charge is 0.492 e. The van der Waals surface area contributed by atoms with Crippen molar-refractivity contribution < 1.29 is 24.5 Å². The second-order valence-corrected chi connectivity index (χ2v) is 9.42. The first kappa shape index (κ1) is 23.3. The van der Waals surface area contributed by atoms with Crippen LogP contribution in [0.1, 0.15) is 41.4 Å². The highest BCUT2D eigenvalue weighted by Gasteiger charge is 2.43. The summed E-state index contributed by atoms with van der Waals surface area (Å²) in [4.78, 5) is 15.2. The number of rotatable bonds is 5. The van der Waals surface area contributed by atoms with Crippen molar-refractivity contribution in [3.63, 3.8) is 0 Å². The molecule has 2 N–H and O–H groups in total. The molecule has 0 bridgehead atoms. The number of nitrogens with zero attached hydrogens (tertiary/aromatic N) is 1. The number of carbonyl (C=O) groups is 1. The third kappa shape index (κ3) is 4.49. The Morgan fingerprint density at radius 1 is 1.09 bits per heavy atom. The number of aliphatic hydroxyl groups excluding tert-OH is 2. The molecule has 0 spiro atoms. The molecule has 0 unspecified atom stereocenters. The quantitative estimate of drug-likeness (QED) is 0.510. The summed E-state index contributed by atoms with van der Waals surface area (Å²) in [5.41, 5.74) is 1.42. The lowest BCUT2D eigenvalue weighted by Crippen LogP contribution is -2.48. The van der Waals surface area contributed by atoms with Crippen molar-refractivity contribution in [2.75, 3.05) is 12.0 Å². The highest BCUT2D eigenvalue weighted by Crippen LogP contribution is 2.47. The van der Waals surface area contributed by atoms with E-state index in [9.17, 15) is 15.0 Å². The van der Waals surface area contributed by atoms with Crippen molar-refractivity contribution in [3.8, 4) is 11.5 Å². The average molecular weight is 512 g/mol. The van der Waals surface area contributed by atoms with Crippen LogP contribution in [0.25, 0.3) is 0 Å². The summed E-state index contributed by atoms with van der Waals surface area (Å²) in [6.07, 6.45) is -2.20. The maximum Gasteiger partial charge on any atom is 0.258 e. The Morgan fingerprint density at radius 3 is 2.48 bits per heavy atom. The van der Waals surface area contributed by atoms with E-state index in [1.807, 2.05) is 42.5 Å². The summed E-state index contributed by atoms with van der Waals surface area (Å²) in [6.45, 7) is 3.63. The monoisotopic (exact) mass is 511 g/mol. The predicted molar refractivity (Wildman–Crippen MR) is 130 cm³/mol. The number of amides is 1. The van der Waals surface area contributed by atoms with Crippen LogP contribution in [0.5, 0.6) is 11.5 Å². The van der Waals surface area contributed by atoms with E-state index < -0.39 is 17.8 Å². The minimum atomic E-state index is -1.11. The van der Waals surface area contributed by atoms with Crippen LogP contribution in [0.2, 0.25) is 0 Å². The van der Waals surface area contributed by atoms with Crippen LogP contribution in [-0.4, -0.2) is 34.9 Å². The minimum absolute atomic E-state index is 0.162. The van der Waals surface area contributed by atoms with Crippen molar-refractivity contribution in [1.29, 1.82) is 0 Å². The molecule has 3 aromatic rings. The minimum Gasteiger partial charge on any atom is -0.492 e. The van der Waals surface area contributed by atoms with Gasteiger partial charge < -0.3 is 24.6 Å². The lowest BCUT2D eigenvalue weighted by Gasteiger charge is -2.40. The molecule has 2 atom stereocenters. The molecule has 1 amide bonds. The summed E-state index contributed by atoms with van der Waals surface area (Å²) in [5.74, 6) is 0.636. The molecule has 0 aromatic heterocycles. The zero-order chi connectivity index (χ0) is 23.8. The molecular weight excluding hydrogens is 486 g/mol. The van der Waals surface area contributed by atoms with E-state index in [2.05, 4.69) is 15.9 Å². The van der Waals surface area contributed by atoms with Gasteiger partial charge >= 0.3 is 0 Å². The van der Waals surface area contributed by atoms with E-state index in [-0.39, 0.29) is 12.5 Å². The fraction of sp³-hybridized carbons (Fsp3) is 0.269. The molecule has 1 aliphatic heterocycles. The Bertz CT molecular complexity index is 1160. The molecule has 0 radical (unpaired) electrons. The van der Waals surface area contributed by atoms with Gasteiger partial charge in [0.2, 0.25) is 0 Å². The summed E-state index contributed by atoms with van der Waals surface area (Å²) in [6, 6.07) is 20.1. The number of hydrogen-bond acceptors (Lipinski definition) is 5. The highest BCUT2D eigenvalue weighted by molar-refractivity contribution is 9.10. The van der Waals surface area contributed by atoms with Crippen LogP contribution in [-0.2, 0) is 6.54 Å². The van der Waals surface area contributed by atoms with Gasteiger partial charge in [-0.2, -0.15) is 0 Å². The Balaban J connectivity index is 1.79. The molecule has 4 rings (SSSR count).